The van der Waals surface area contributed by atoms with Crippen LogP contribution in [0.2, 0.25) is 0 Å². The number of hydrogen-bond donors (Lipinski definition) is 1. The molecule has 0 unspecified atom stereocenters. The second kappa shape index (κ2) is 3.85. The lowest BCUT2D eigenvalue weighted by atomic mass is 10.1. The number of alkyl halides is 2. The Morgan fingerprint density at radius 2 is 2.31 bits per heavy atom. The van der Waals surface area contributed by atoms with E-state index in [9.17, 15) is 8.78 Å². The van der Waals surface area contributed by atoms with Crippen molar-refractivity contribution >= 4 is 0 Å². The largest absolute Gasteiger partial charge is 0.463 e. The summed E-state index contributed by atoms with van der Waals surface area (Å²) in [6, 6.07) is 1.45. The van der Waals surface area contributed by atoms with Gasteiger partial charge in [0, 0.05) is 12.7 Å². The van der Waals surface area contributed by atoms with E-state index >= 15 is 0 Å². The predicted molar refractivity (Wildman–Crippen MR) is 42.4 cm³/mol. The van der Waals surface area contributed by atoms with Crippen LogP contribution in [0.15, 0.2) is 16.7 Å². The first-order valence-corrected chi connectivity index (χ1v) is 3.75. The lowest BCUT2D eigenvalue weighted by molar-refractivity contribution is -0.0185. The molecule has 0 fully saturated rings. The maximum Gasteiger partial charge on any atom is 0.316 e. The van der Waals surface area contributed by atoms with Crippen LogP contribution in [0.5, 0.6) is 0 Å². The Hall–Kier alpha value is -0.940. The monoisotopic (exact) mass is 191 g/mol. The number of ether oxygens (including phenoxy) is 1. The maximum absolute atomic E-state index is 13.0. The number of hydrogen-bond acceptors (Lipinski definition) is 3. The summed E-state index contributed by atoms with van der Waals surface area (Å²) >= 11 is 0. The number of rotatable bonds is 4. The average Bonchev–Trinajstić information content (AvgIpc) is 2.54. The molecule has 1 aromatic rings. The van der Waals surface area contributed by atoms with Crippen molar-refractivity contribution in [3.05, 3.63) is 23.7 Å². The number of nitrogens with two attached hydrogens (primary N) is 1. The smallest absolute Gasteiger partial charge is 0.316 e. The Bertz CT molecular complexity index is 273. The number of halogens is 2. The molecule has 0 bridgehead atoms. The van der Waals surface area contributed by atoms with E-state index < -0.39 is 18.2 Å². The molecule has 3 nitrogen and oxygen atoms in total. The molecule has 0 saturated carbocycles. The van der Waals surface area contributed by atoms with Gasteiger partial charge in [0.1, 0.15) is 0 Å². The fourth-order valence-electron chi connectivity index (χ4n) is 1.02. The summed E-state index contributed by atoms with van der Waals surface area (Å²) in [6.45, 7) is -0.668. The summed E-state index contributed by atoms with van der Waals surface area (Å²) < 4.78 is 35.5. The van der Waals surface area contributed by atoms with E-state index in [1.165, 1.54) is 19.4 Å². The first kappa shape index (κ1) is 10.1. The summed E-state index contributed by atoms with van der Waals surface area (Å²) in [7, 11) is 1.43. The molecule has 0 saturated heterocycles. The minimum absolute atomic E-state index is 0.0986. The Kier molecular flexibility index (Phi) is 3.00. The first-order valence-electron chi connectivity index (χ1n) is 3.75. The van der Waals surface area contributed by atoms with Crippen molar-refractivity contribution in [2.75, 3.05) is 13.7 Å². The quantitative estimate of drug-likeness (QED) is 0.784. The van der Waals surface area contributed by atoms with Crippen molar-refractivity contribution in [3.63, 3.8) is 0 Å². The normalized spacial score (nSPS) is 12.0. The van der Waals surface area contributed by atoms with Gasteiger partial charge in [0.25, 0.3) is 0 Å². The summed E-state index contributed by atoms with van der Waals surface area (Å²) in [5.74, 6) is -3.52. The fraction of sp³-hybridized carbons (Fsp3) is 0.500. The maximum atomic E-state index is 13.0. The second-order valence-electron chi connectivity index (χ2n) is 2.62. The Balaban J connectivity index is 2.93. The summed E-state index contributed by atoms with van der Waals surface area (Å²) in [5, 5.41) is 0. The second-order valence-corrected chi connectivity index (χ2v) is 2.62. The Morgan fingerprint density at radius 3 is 2.85 bits per heavy atom. The Morgan fingerprint density at radius 1 is 1.62 bits per heavy atom. The van der Waals surface area contributed by atoms with Gasteiger partial charge in [0.05, 0.1) is 19.4 Å². The molecule has 1 rings (SSSR count). The highest BCUT2D eigenvalue weighted by atomic mass is 19.3. The van der Waals surface area contributed by atoms with Crippen LogP contribution >= 0.6 is 0 Å². The summed E-state index contributed by atoms with van der Waals surface area (Å²) in [4.78, 5) is 0. The van der Waals surface area contributed by atoms with Crippen LogP contribution in [-0.4, -0.2) is 13.7 Å². The van der Waals surface area contributed by atoms with Crippen molar-refractivity contribution in [2.45, 2.75) is 12.5 Å². The molecule has 13 heavy (non-hydrogen) atoms. The zero-order chi connectivity index (χ0) is 9.90. The van der Waals surface area contributed by atoms with Gasteiger partial charge >= 0.3 is 5.92 Å². The van der Waals surface area contributed by atoms with E-state index in [-0.39, 0.29) is 6.61 Å². The van der Waals surface area contributed by atoms with Gasteiger partial charge in [0.2, 0.25) is 0 Å². The van der Waals surface area contributed by atoms with Gasteiger partial charge in [-0.1, -0.05) is 0 Å². The van der Waals surface area contributed by atoms with Gasteiger partial charge in [0.15, 0.2) is 5.76 Å². The predicted octanol–water partition coefficient (Wildman–Crippen LogP) is 1.48. The molecular formula is C8H11F2NO2. The summed E-state index contributed by atoms with van der Waals surface area (Å²) in [6.07, 6.45) is 1.20. The van der Waals surface area contributed by atoms with Crippen LogP contribution < -0.4 is 5.73 Å². The standard InChI is InChI=1S/C8H11F2NO2/c1-12-4-6-2-3-13-7(6)8(9,10)5-11/h2-3H,4-5,11H2,1H3. The highest BCUT2D eigenvalue weighted by Gasteiger charge is 2.35. The van der Waals surface area contributed by atoms with Gasteiger partial charge in [-0.25, -0.2) is 0 Å². The highest BCUT2D eigenvalue weighted by Crippen LogP contribution is 2.30. The highest BCUT2D eigenvalue weighted by molar-refractivity contribution is 5.20. The van der Waals surface area contributed by atoms with Gasteiger partial charge < -0.3 is 14.9 Å². The molecule has 5 heteroatoms. The molecule has 1 heterocycles. The zero-order valence-electron chi connectivity index (χ0n) is 7.22. The molecular weight excluding hydrogens is 180 g/mol. The van der Waals surface area contributed by atoms with Crippen LogP contribution in [0.1, 0.15) is 11.3 Å². The molecule has 1 aromatic heterocycles. The lowest BCUT2D eigenvalue weighted by Crippen LogP contribution is -2.25. The van der Waals surface area contributed by atoms with Crippen LogP contribution in [0.3, 0.4) is 0 Å². The molecule has 0 aliphatic carbocycles. The third kappa shape index (κ3) is 2.05. The topological polar surface area (TPSA) is 48.4 Å². The molecule has 74 valence electrons. The van der Waals surface area contributed by atoms with E-state index in [0.717, 1.165) is 0 Å². The lowest BCUT2D eigenvalue weighted by Gasteiger charge is -2.12. The minimum Gasteiger partial charge on any atom is -0.463 e. The molecule has 0 radical (unpaired) electrons. The van der Waals surface area contributed by atoms with Crippen molar-refractivity contribution in [3.8, 4) is 0 Å². The van der Waals surface area contributed by atoms with Crippen LogP contribution in [0.4, 0.5) is 8.78 Å². The Labute approximate surface area is 74.5 Å². The molecule has 0 spiro atoms. The minimum atomic E-state index is -3.11. The third-order valence-corrected chi connectivity index (χ3v) is 1.64. The molecule has 0 atom stereocenters. The van der Waals surface area contributed by atoms with Crippen molar-refractivity contribution < 1.29 is 17.9 Å². The number of methoxy groups -OCH3 is 1. The van der Waals surface area contributed by atoms with E-state index in [4.69, 9.17) is 10.5 Å². The average molecular weight is 191 g/mol. The van der Waals surface area contributed by atoms with E-state index in [2.05, 4.69) is 4.42 Å². The number of furan rings is 1. The molecule has 0 aromatic carbocycles. The van der Waals surface area contributed by atoms with Crippen molar-refractivity contribution in [1.82, 2.24) is 0 Å². The van der Waals surface area contributed by atoms with Gasteiger partial charge in [-0.2, -0.15) is 8.78 Å². The third-order valence-electron chi connectivity index (χ3n) is 1.64. The van der Waals surface area contributed by atoms with Gasteiger partial charge in [-0.3, -0.25) is 0 Å². The van der Waals surface area contributed by atoms with E-state index in [1.807, 2.05) is 0 Å². The molecule has 0 aliphatic rings. The van der Waals surface area contributed by atoms with Crippen LogP contribution in [-0.2, 0) is 17.3 Å². The molecule has 0 amide bonds. The van der Waals surface area contributed by atoms with E-state index in [0.29, 0.717) is 5.56 Å². The van der Waals surface area contributed by atoms with Crippen LogP contribution in [0.25, 0.3) is 0 Å². The van der Waals surface area contributed by atoms with Crippen LogP contribution in [0, 0.1) is 0 Å². The molecule has 0 aliphatic heterocycles. The van der Waals surface area contributed by atoms with Crippen molar-refractivity contribution in [1.29, 1.82) is 0 Å². The molecule has 2 N–H and O–H groups in total. The zero-order valence-corrected chi connectivity index (χ0v) is 7.22. The SMILES string of the molecule is COCc1ccoc1C(F)(F)CN. The van der Waals surface area contributed by atoms with Gasteiger partial charge in [-0.15, -0.1) is 0 Å². The van der Waals surface area contributed by atoms with Crippen molar-refractivity contribution in [2.24, 2.45) is 5.73 Å². The summed E-state index contributed by atoms with van der Waals surface area (Å²) in [5.41, 5.74) is 5.24. The van der Waals surface area contributed by atoms with E-state index in [1.54, 1.807) is 0 Å². The first-order chi connectivity index (χ1) is 6.11. The fourth-order valence-corrected chi connectivity index (χ4v) is 1.02. The van der Waals surface area contributed by atoms with Gasteiger partial charge in [-0.05, 0) is 6.07 Å².